The Morgan fingerprint density at radius 2 is 1.46 bits per heavy atom. The molecule has 0 spiro atoms. The van der Waals surface area contributed by atoms with Crippen molar-refractivity contribution >= 4 is 5.97 Å². The van der Waals surface area contributed by atoms with Gasteiger partial charge in [-0.3, -0.25) is 0 Å². The molecule has 6 nitrogen and oxygen atoms in total. The summed E-state index contributed by atoms with van der Waals surface area (Å²) in [4.78, 5) is 11.1. The van der Waals surface area contributed by atoms with Gasteiger partial charge in [0.25, 0.3) is 0 Å². The van der Waals surface area contributed by atoms with Gasteiger partial charge >= 0.3 is 5.97 Å². The summed E-state index contributed by atoms with van der Waals surface area (Å²) >= 11 is 0. The predicted molar refractivity (Wildman–Crippen MR) is 90.7 cm³/mol. The van der Waals surface area contributed by atoms with Crippen LogP contribution in [0.2, 0.25) is 0 Å². The second-order valence-electron chi connectivity index (χ2n) is 5.25. The Kier molecular flexibility index (Phi) is 11.9. The molecule has 0 fully saturated rings. The van der Waals surface area contributed by atoms with Crippen LogP contribution in [0.15, 0.2) is 24.3 Å². The summed E-state index contributed by atoms with van der Waals surface area (Å²) in [6, 6.07) is 7.13. The van der Waals surface area contributed by atoms with Crippen LogP contribution in [0, 0.1) is 0 Å². The minimum atomic E-state index is -0.870. The van der Waals surface area contributed by atoms with E-state index in [0.717, 1.165) is 24.8 Å². The average Bonchev–Trinajstić information content (AvgIpc) is 2.59. The van der Waals surface area contributed by atoms with Gasteiger partial charge < -0.3 is 24.1 Å². The van der Waals surface area contributed by atoms with Crippen molar-refractivity contribution in [2.75, 3.05) is 53.4 Å². The molecule has 0 aromatic heterocycles. The topological polar surface area (TPSA) is 74.2 Å². The number of aryl methyl sites for hydroxylation is 1. The first-order valence-electron chi connectivity index (χ1n) is 8.29. The van der Waals surface area contributed by atoms with E-state index in [1.807, 2.05) is 12.1 Å². The molecule has 0 radical (unpaired) electrons. The van der Waals surface area contributed by atoms with Gasteiger partial charge in [0.05, 0.1) is 45.2 Å². The van der Waals surface area contributed by atoms with Gasteiger partial charge in [0.15, 0.2) is 0 Å². The number of hydrogen-bond donors (Lipinski definition) is 1. The van der Waals surface area contributed by atoms with Gasteiger partial charge in [-0.2, -0.15) is 0 Å². The molecule has 0 bridgehead atoms. The molecule has 24 heavy (non-hydrogen) atoms. The minimum absolute atomic E-state index is 0.388. The second-order valence-corrected chi connectivity index (χ2v) is 5.25. The zero-order chi connectivity index (χ0) is 17.5. The Morgan fingerprint density at radius 3 is 2.08 bits per heavy atom. The number of carboxylic acids is 1. The number of benzene rings is 1. The Balaban J connectivity index is 1.93. The first-order valence-corrected chi connectivity index (χ1v) is 8.29. The van der Waals surface area contributed by atoms with Crippen molar-refractivity contribution in [1.29, 1.82) is 0 Å². The minimum Gasteiger partial charge on any atom is -0.478 e. The maximum absolute atomic E-state index is 11.1. The van der Waals surface area contributed by atoms with Crippen LogP contribution in [0.5, 0.6) is 0 Å². The molecule has 6 heteroatoms. The molecule has 0 saturated heterocycles. The maximum Gasteiger partial charge on any atom is 0.335 e. The third-order valence-electron chi connectivity index (χ3n) is 3.41. The third-order valence-corrected chi connectivity index (χ3v) is 3.41. The lowest BCUT2D eigenvalue weighted by Gasteiger charge is -2.07. The average molecular weight is 340 g/mol. The van der Waals surface area contributed by atoms with Gasteiger partial charge in [-0.05, 0) is 30.9 Å². The molecule has 1 aromatic rings. The summed E-state index contributed by atoms with van der Waals surface area (Å²) in [5.41, 5.74) is 1.27. The molecule has 1 aromatic carbocycles. The third kappa shape index (κ3) is 9.62. The molecule has 136 valence electrons. The largest absolute Gasteiger partial charge is 0.478 e. The fourth-order valence-corrected chi connectivity index (χ4v) is 2.15. The Bertz CT molecular complexity index is 449. The Morgan fingerprint density at radius 1 is 0.875 bits per heavy atom. The summed E-state index contributed by atoms with van der Waals surface area (Å²) in [5.74, 6) is -0.870. The lowest BCUT2D eigenvalue weighted by Crippen LogP contribution is -2.11. The second kappa shape index (κ2) is 13.9. The molecule has 0 aliphatic rings. The van der Waals surface area contributed by atoms with Crippen molar-refractivity contribution in [2.45, 2.75) is 19.3 Å². The number of unbranched alkanes of at least 4 members (excludes halogenated alkanes) is 1. The lowest BCUT2D eigenvalue weighted by molar-refractivity contribution is 0.00328. The maximum atomic E-state index is 11.1. The highest BCUT2D eigenvalue weighted by Crippen LogP contribution is 2.12. The molecule has 0 unspecified atom stereocenters. The molecule has 0 heterocycles. The van der Waals surface area contributed by atoms with E-state index in [9.17, 15) is 4.79 Å². The molecule has 0 aliphatic heterocycles. The molecule has 1 rings (SSSR count). The number of carbonyl (C=O) groups is 1. The normalized spacial score (nSPS) is 10.9. The summed E-state index contributed by atoms with van der Waals surface area (Å²) < 4.78 is 21.0. The van der Waals surface area contributed by atoms with E-state index in [1.54, 1.807) is 19.2 Å². The standard InChI is InChI=1S/C18H28O6/c1-21-10-11-23-14-15-24-13-12-22-9-5-4-7-16-6-2-3-8-17(16)18(19)20/h2-3,6,8H,4-5,7,9-15H2,1H3,(H,19,20). The van der Waals surface area contributed by atoms with Crippen LogP contribution in [0.25, 0.3) is 0 Å². The van der Waals surface area contributed by atoms with Crippen molar-refractivity contribution < 1.29 is 28.8 Å². The predicted octanol–water partition coefficient (Wildman–Crippen LogP) is 2.40. The number of ether oxygens (including phenoxy) is 4. The van der Waals surface area contributed by atoms with E-state index in [1.165, 1.54) is 0 Å². The van der Waals surface area contributed by atoms with Crippen molar-refractivity contribution in [2.24, 2.45) is 0 Å². The molecular formula is C18H28O6. The number of aromatic carboxylic acids is 1. The summed E-state index contributed by atoms with van der Waals surface area (Å²) in [5, 5.41) is 9.12. The smallest absolute Gasteiger partial charge is 0.335 e. The number of rotatable bonds is 15. The molecule has 0 aliphatic carbocycles. The van der Waals surface area contributed by atoms with Crippen LogP contribution in [-0.4, -0.2) is 64.4 Å². The summed E-state index contributed by atoms with van der Waals surface area (Å²) in [6.07, 6.45) is 2.55. The van der Waals surface area contributed by atoms with Crippen LogP contribution < -0.4 is 0 Å². The van der Waals surface area contributed by atoms with Crippen LogP contribution in [0.3, 0.4) is 0 Å². The fraction of sp³-hybridized carbons (Fsp3) is 0.611. The highest BCUT2D eigenvalue weighted by atomic mass is 16.6. The van der Waals surface area contributed by atoms with Gasteiger partial charge in [-0.25, -0.2) is 4.79 Å². The highest BCUT2D eigenvalue weighted by molar-refractivity contribution is 5.89. The van der Waals surface area contributed by atoms with E-state index < -0.39 is 5.97 Å². The molecule has 0 saturated carbocycles. The molecule has 0 amide bonds. The van der Waals surface area contributed by atoms with E-state index >= 15 is 0 Å². The van der Waals surface area contributed by atoms with Crippen LogP contribution in [0.4, 0.5) is 0 Å². The van der Waals surface area contributed by atoms with Gasteiger partial charge in [0.1, 0.15) is 0 Å². The van der Waals surface area contributed by atoms with Gasteiger partial charge in [0.2, 0.25) is 0 Å². The quantitative estimate of drug-likeness (QED) is 0.494. The van der Waals surface area contributed by atoms with Crippen molar-refractivity contribution in [1.82, 2.24) is 0 Å². The van der Waals surface area contributed by atoms with E-state index in [-0.39, 0.29) is 0 Å². The van der Waals surface area contributed by atoms with Crippen molar-refractivity contribution in [3.8, 4) is 0 Å². The van der Waals surface area contributed by atoms with E-state index in [0.29, 0.717) is 51.8 Å². The zero-order valence-electron chi connectivity index (χ0n) is 14.4. The van der Waals surface area contributed by atoms with E-state index in [4.69, 9.17) is 24.1 Å². The van der Waals surface area contributed by atoms with Crippen LogP contribution in [-0.2, 0) is 25.4 Å². The van der Waals surface area contributed by atoms with Gasteiger partial charge in [-0.15, -0.1) is 0 Å². The molecule has 0 atom stereocenters. The van der Waals surface area contributed by atoms with Gasteiger partial charge in [-0.1, -0.05) is 18.2 Å². The number of methoxy groups -OCH3 is 1. The number of hydrogen-bond acceptors (Lipinski definition) is 5. The first kappa shape index (κ1) is 20.6. The summed E-state index contributed by atoms with van der Waals surface area (Å²) in [7, 11) is 1.64. The zero-order valence-corrected chi connectivity index (χ0v) is 14.4. The Labute approximate surface area is 143 Å². The lowest BCUT2D eigenvalue weighted by atomic mass is 10.0. The molecule has 1 N–H and O–H groups in total. The van der Waals surface area contributed by atoms with Crippen molar-refractivity contribution in [3.05, 3.63) is 35.4 Å². The van der Waals surface area contributed by atoms with Crippen LogP contribution >= 0.6 is 0 Å². The fourth-order valence-electron chi connectivity index (χ4n) is 2.15. The monoisotopic (exact) mass is 340 g/mol. The Hall–Kier alpha value is -1.47. The van der Waals surface area contributed by atoms with Crippen LogP contribution in [0.1, 0.15) is 28.8 Å². The number of carboxylic acid groups (broad SMARTS) is 1. The van der Waals surface area contributed by atoms with E-state index in [2.05, 4.69) is 0 Å². The molecular weight excluding hydrogens is 312 g/mol. The van der Waals surface area contributed by atoms with Crippen molar-refractivity contribution in [3.63, 3.8) is 0 Å². The summed E-state index contributed by atoms with van der Waals surface area (Å²) in [6.45, 7) is 4.06. The first-order chi connectivity index (χ1) is 11.8. The van der Waals surface area contributed by atoms with Gasteiger partial charge in [0, 0.05) is 13.7 Å². The highest BCUT2D eigenvalue weighted by Gasteiger charge is 2.07. The SMILES string of the molecule is COCCOCCOCCOCCCCc1ccccc1C(=O)O.